The van der Waals surface area contributed by atoms with Gasteiger partial charge in [0.15, 0.2) is 0 Å². The maximum Gasteiger partial charge on any atom is 0.268 e. The van der Waals surface area contributed by atoms with E-state index in [2.05, 4.69) is 26.0 Å². The summed E-state index contributed by atoms with van der Waals surface area (Å²) in [5.41, 5.74) is 0. The third-order valence-electron chi connectivity index (χ3n) is 4.17. The normalized spacial score (nSPS) is 11.8. The fourth-order valence-electron chi connectivity index (χ4n) is 2.83. The smallest absolute Gasteiger partial charge is 0.268 e. The highest BCUT2D eigenvalue weighted by Gasteiger charge is 2.34. The molecule has 0 aliphatic heterocycles. The molecule has 113 valence electrons. The van der Waals surface area contributed by atoms with E-state index in [1.807, 2.05) is 18.2 Å². The van der Waals surface area contributed by atoms with Gasteiger partial charge in [-0.15, -0.1) is 0 Å². The summed E-state index contributed by atoms with van der Waals surface area (Å²) in [5.74, 6) is 0. The number of unbranched alkanes of at least 4 members (excludes halogenated alkanes) is 6. The summed E-state index contributed by atoms with van der Waals surface area (Å²) >= 11 is 0. The summed E-state index contributed by atoms with van der Waals surface area (Å²) in [5, 5.41) is 1.13. The molecule has 0 bridgehead atoms. The van der Waals surface area contributed by atoms with Crippen molar-refractivity contribution >= 4 is 13.5 Å². The third kappa shape index (κ3) is 6.23. The minimum Gasteiger partial charge on any atom is -0.291 e. The van der Waals surface area contributed by atoms with Crippen LogP contribution in [0.4, 0.5) is 0 Å². The van der Waals surface area contributed by atoms with Gasteiger partial charge in [0.1, 0.15) is 0 Å². The van der Waals surface area contributed by atoms with Crippen molar-refractivity contribution in [3.05, 3.63) is 30.3 Å². The quantitative estimate of drug-likeness (QED) is 0.383. The maximum atomic E-state index is 13.4. The second kappa shape index (κ2) is 10.2. The van der Waals surface area contributed by atoms with Crippen molar-refractivity contribution in [2.75, 3.05) is 0 Å². The molecule has 20 heavy (non-hydrogen) atoms. The molecule has 1 radical (unpaired) electrons. The predicted molar refractivity (Wildman–Crippen MR) is 90.4 cm³/mol. The van der Waals surface area contributed by atoms with Crippen LogP contribution in [0.5, 0.6) is 0 Å². The summed E-state index contributed by atoms with van der Waals surface area (Å²) in [4.78, 5) is 13.4. The van der Waals surface area contributed by atoms with Gasteiger partial charge >= 0.3 is 0 Å². The lowest BCUT2D eigenvalue weighted by Crippen LogP contribution is -2.46. The van der Waals surface area contributed by atoms with Crippen LogP contribution in [0.25, 0.3) is 0 Å². The zero-order valence-corrected chi connectivity index (χ0v) is 14.4. The highest BCUT2D eigenvalue weighted by Crippen LogP contribution is 2.21. The first kappa shape index (κ1) is 17.4. The van der Waals surface area contributed by atoms with E-state index in [0.29, 0.717) is 0 Å². The molecular weight excluding hydrogens is 260 g/mol. The molecule has 0 fully saturated rings. The molecular formula is C18H31OSi. The second-order valence-corrected chi connectivity index (χ2v) is 9.55. The molecule has 0 spiro atoms. The molecule has 0 heterocycles. The Bertz CT molecular complexity index is 325. The molecule has 0 amide bonds. The average molecular weight is 292 g/mol. The summed E-state index contributed by atoms with van der Waals surface area (Å²) in [6, 6.07) is 12.1. The van der Waals surface area contributed by atoms with Gasteiger partial charge < -0.3 is 0 Å². The Morgan fingerprint density at radius 2 is 1.25 bits per heavy atom. The fraction of sp³-hybridized carbons (Fsp3) is 0.667. The van der Waals surface area contributed by atoms with Crippen LogP contribution in [0.1, 0.15) is 65.2 Å². The molecule has 0 saturated heterocycles. The van der Waals surface area contributed by atoms with Crippen LogP contribution >= 0.6 is 0 Å². The van der Waals surface area contributed by atoms with Crippen molar-refractivity contribution in [1.29, 1.82) is 0 Å². The third-order valence-corrected chi connectivity index (χ3v) is 7.88. The molecule has 0 N–H and O–H groups in total. The highest BCUT2D eigenvalue weighted by atomic mass is 28.4. The van der Waals surface area contributed by atoms with Crippen LogP contribution in [-0.4, -0.2) is 8.32 Å². The van der Waals surface area contributed by atoms with Gasteiger partial charge in [-0.3, -0.25) is 4.80 Å². The lowest BCUT2D eigenvalue weighted by molar-refractivity contribution is 0.418. The maximum absolute atomic E-state index is 13.4. The van der Waals surface area contributed by atoms with Gasteiger partial charge in [-0.05, 0) is 17.3 Å². The molecule has 1 aromatic rings. The molecule has 2 heteroatoms. The van der Waals surface area contributed by atoms with Gasteiger partial charge in [-0.1, -0.05) is 95.5 Å². The number of hydrogen-bond acceptors (Lipinski definition) is 0. The van der Waals surface area contributed by atoms with Crippen molar-refractivity contribution < 1.29 is 4.80 Å². The van der Waals surface area contributed by atoms with Gasteiger partial charge in [0.25, 0.3) is 8.32 Å². The summed E-state index contributed by atoms with van der Waals surface area (Å²) in [7, 11) is -2.48. The average Bonchev–Trinajstić information content (AvgIpc) is 2.49. The van der Waals surface area contributed by atoms with Crippen molar-refractivity contribution in [2.45, 2.75) is 77.3 Å². The fourth-order valence-corrected chi connectivity index (χ4v) is 6.10. The molecule has 0 aliphatic rings. The first-order valence-electron chi connectivity index (χ1n) is 8.49. The van der Waals surface area contributed by atoms with Crippen LogP contribution in [0, 0.1) is 0 Å². The van der Waals surface area contributed by atoms with E-state index in [1.165, 1.54) is 38.5 Å². The standard InChI is InChI=1S/C18H31OSi/c1-3-5-7-12-16-20(19,17-13-8-6-4-2)18-14-10-9-11-15-18/h9-11,14-15H,3-8,12-13,16-17H2,1-2H3. The summed E-state index contributed by atoms with van der Waals surface area (Å²) in [6.45, 7) is 4.45. The van der Waals surface area contributed by atoms with Crippen LogP contribution < -0.4 is 5.19 Å². The van der Waals surface area contributed by atoms with Gasteiger partial charge in [-0.25, -0.2) is 0 Å². The van der Waals surface area contributed by atoms with Gasteiger partial charge in [0, 0.05) is 0 Å². The van der Waals surface area contributed by atoms with Crippen LogP contribution in [0.3, 0.4) is 0 Å². The van der Waals surface area contributed by atoms with Crippen molar-refractivity contribution in [3.63, 3.8) is 0 Å². The van der Waals surface area contributed by atoms with Gasteiger partial charge in [0.2, 0.25) is 0 Å². The molecule has 1 rings (SSSR count). The molecule has 0 atom stereocenters. The Morgan fingerprint density at radius 3 is 1.70 bits per heavy atom. The van der Waals surface area contributed by atoms with E-state index < -0.39 is 8.32 Å². The van der Waals surface area contributed by atoms with Crippen molar-refractivity contribution in [2.24, 2.45) is 0 Å². The Balaban J connectivity index is 2.57. The Labute approximate surface area is 126 Å². The highest BCUT2D eigenvalue weighted by molar-refractivity contribution is 6.85. The van der Waals surface area contributed by atoms with E-state index >= 15 is 0 Å². The van der Waals surface area contributed by atoms with E-state index in [-0.39, 0.29) is 0 Å². The Hall–Kier alpha value is -0.603. The van der Waals surface area contributed by atoms with Crippen LogP contribution in [0.15, 0.2) is 30.3 Å². The molecule has 1 nitrogen and oxygen atoms in total. The molecule has 0 aromatic heterocycles. The second-order valence-electron chi connectivity index (χ2n) is 5.98. The SMILES string of the molecule is CCCCCC[Si]([O])(CCCCCC)c1ccccc1. The first-order valence-corrected chi connectivity index (χ1v) is 10.8. The first-order chi connectivity index (χ1) is 9.73. The van der Waals surface area contributed by atoms with Crippen LogP contribution in [0.2, 0.25) is 12.1 Å². The number of rotatable bonds is 11. The summed E-state index contributed by atoms with van der Waals surface area (Å²) < 4.78 is 0. The van der Waals surface area contributed by atoms with Gasteiger partial charge in [0.05, 0.1) is 0 Å². The zero-order valence-electron chi connectivity index (χ0n) is 13.4. The van der Waals surface area contributed by atoms with Crippen molar-refractivity contribution in [3.8, 4) is 0 Å². The Morgan fingerprint density at radius 1 is 0.750 bits per heavy atom. The summed E-state index contributed by atoms with van der Waals surface area (Å²) in [6.07, 6.45) is 9.76. The van der Waals surface area contributed by atoms with Gasteiger partial charge in [-0.2, -0.15) is 0 Å². The van der Waals surface area contributed by atoms with E-state index in [1.54, 1.807) is 0 Å². The van der Waals surface area contributed by atoms with E-state index in [4.69, 9.17) is 0 Å². The lowest BCUT2D eigenvalue weighted by atomic mass is 10.2. The topological polar surface area (TPSA) is 19.9 Å². The van der Waals surface area contributed by atoms with E-state index in [9.17, 15) is 4.80 Å². The lowest BCUT2D eigenvalue weighted by Gasteiger charge is -2.23. The minimum absolute atomic E-state index is 0.934. The van der Waals surface area contributed by atoms with Crippen molar-refractivity contribution in [1.82, 2.24) is 0 Å². The molecule has 1 aromatic carbocycles. The number of benzene rings is 1. The Kier molecular flexibility index (Phi) is 8.87. The molecule has 0 saturated carbocycles. The monoisotopic (exact) mass is 291 g/mol. The minimum atomic E-state index is -2.48. The molecule has 0 unspecified atom stereocenters. The molecule has 0 aliphatic carbocycles. The largest absolute Gasteiger partial charge is 0.291 e. The van der Waals surface area contributed by atoms with E-state index in [0.717, 1.165) is 30.1 Å². The number of hydrogen-bond donors (Lipinski definition) is 0. The predicted octanol–water partition coefficient (Wildman–Crippen LogP) is 5.43. The zero-order chi connectivity index (χ0) is 14.7. The van der Waals surface area contributed by atoms with Crippen LogP contribution in [-0.2, 0) is 4.80 Å².